The fraction of sp³-hybridized carbons (Fsp3) is 0.0833. The molecular formula is C24H20N2O2S. The van der Waals surface area contributed by atoms with Crippen molar-refractivity contribution in [2.75, 3.05) is 7.11 Å². The van der Waals surface area contributed by atoms with E-state index in [1.54, 1.807) is 7.11 Å². The molecule has 5 heteroatoms. The average Bonchev–Trinajstić information content (AvgIpc) is 2.77. The molecular weight excluding hydrogens is 380 g/mol. The smallest absolute Gasteiger partial charge is 0.235 e. The van der Waals surface area contributed by atoms with E-state index in [9.17, 15) is 4.79 Å². The molecule has 0 bridgehead atoms. The van der Waals surface area contributed by atoms with Gasteiger partial charge in [-0.05, 0) is 34.9 Å². The summed E-state index contributed by atoms with van der Waals surface area (Å²) in [6.07, 6.45) is 0. The van der Waals surface area contributed by atoms with Gasteiger partial charge < -0.3 is 10.5 Å². The monoisotopic (exact) mass is 400 g/mol. The Morgan fingerprint density at radius 2 is 1.66 bits per heavy atom. The molecule has 3 aromatic carbocycles. The standard InChI is InChI=1S/C24H20N2O2S/c1-28-18-12-13-19-20(16-8-4-2-5-9-16)15-22(26-21(19)14-18)29-23(24(25)27)17-10-6-3-7-11-17/h2-15,23H,1H3,(H2,25,27)/t23-/m0/s1. The molecule has 0 saturated carbocycles. The molecule has 2 N–H and O–H groups in total. The van der Waals surface area contributed by atoms with Gasteiger partial charge in [-0.25, -0.2) is 4.98 Å². The zero-order chi connectivity index (χ0) is 20.2. The third kappa shape index (κ3) is 4.10. The van der Waals surface area contributed by atoms with Gasteiger partial charge in [0.25, 0.3) is 0 Å². The summed E-state index contributed by atoms with van der Waals surface area (Å²) < 4.78 is 5.38. The van der Waals surface area contributed by atoms with Gasteiger partial charge in [-0.3, -0.25) is 4.79 Å². The number of benzene rings is 3. The van der Waals surface area contributed by atoms with Gasteiger partial charge >= 0.3 is 0 Å². The van der Waals surface area contributed by atoms with E-state index in [2.05, 4.69) is 12.1 Å². The van der Waals surface area contributed by atoms with Gasteiger partial charge in [0, 0.05) is 11.5 Å². The topological polar surface area (TPSA) is 65.2 Å². The second kappa shape index (κ2) is 8.37. The van der Waals surface area contributed by atoms with Crippen molar-refractivity contribution in [3.63, 3.8) is 0 Å². The Kier molecular flexibility index (Phi) is 5.49. The number of pyridine rings is 1. The van der Waals surface area contributed by atoms with Crippen molar-refractivity contribution < 1.29 is 9.53 Å². The Morgan fingerprint density at radius 1 is 0.966 bits per heavy atom. The predicted octanol–water partition coefficient (Wildman–Crippen LogP) is 5.23. The lowest BCUT2D eigenvalue weighted by molar-refractivity contribution is -0.117. The minimum absolute atomic E-state index is 0.394. The molecule has 0 aliphatic heterocycles. The molecule has 4 nitrogen and oxygen atoms in total. The van der Waals surface area contributed by atoms with Crippen molar-refractivity contribution in [2.45, 2.75) is 10.3 Å². The van der Waals surface area contributed by atoms with Crippen LogP contribution in [0.5, 0.6) is 5.75 Å². The summed E-state index contributed by atoms with van der Waals surface area (Å²) in [6.45, 7) is 0. The maximum Gasteiger partial charge on any atom is 0.235 e. The van der Waals surface area contributed by atoms with Crippen molar-refractivity contribution in [3.8, 4) is 16.9 Å². The maximum absolute atomic E-state index is 12.2. The SMILES string of the molecule is COc1ccc2c(-c3ccccc3)cc(S[C@H](C(N)=O)c3ccccc3)nc2c1. The molecule has 0 fully saturated rings. The number of fused-ring (bicyclic) bond motifs is 1. The van der Waals surface area contributed by atoms with E-state index in [-0.39, 0.29) is 0 Å². The quantitative estimate of drug-likeness (QED) is 0.450. The number of thioether (sulfide) groups is 1. The number of hydrogen-bond donors (Lipinski definition) is 1. The van der Waals surface area contributed by atoms with Crippen LogP contribution in [0.15, 0.2) is 90.0 Å². The molecule has 0 aliphatic rings. The zero-order valence-corrected chi connectivity index (χ0v) is 16.7. The largest absolute Gasteiger partial charge is 0.497 e. The Labute approximate surface area is 173 Å². The van der Waals surface area contributed by atoms with E-state index in [0.717, 1.165) is 38.4 Å². The number of aromatic nitrogens is 1. The van der Waals surface area contributed by atoms with Crippen LogP contribution in [0.25, 0.3) is 22.0 Å². The molecule has 0 radical (unpaired) electrons. The highest BCUT2D eigenvalue weighted by molar-refractivity contribution is 8.00. The number of methoxy groups -OCH3 is 1. The first kappa shape index (κ1) is 19.0. The molecule has 144 valence electrons. The molecule has 1 aromatic heterocycles. The highest BCUT2D eigenvalue weighted by Crippen LogP contribution is 2.38. The van der Waals surface area contributed by atoms with Crippen molar-refractivity contribution in [1.29, 1.82) is 0 Å². The van der Waals surface area contributed by atoms with E-state index in [4.69, 9.17) is 15.5 Å². The number of primary amides is 1. The fourth-order valence-electron chi connectivity index (χ4n) is 3.27. The minimum atomic E-state index is -0.518. The summed E-state index contributed by atoms with van der Waals surface area (Å²) in [5.41, 5.74) is 9.52. The highest BCUT2D eigenvalue weighted by Gasteiger charge is 2.21. The van der Waals surface area contributed by atoms with Crippen LogP contribution in [-0.4, -0.2) is 18.0 Å². The van der Waals surface area contributed by atoms with Gasteiger partial charge in [0.2, 0.25) is 5.91 Å². The first-order valence-corrected chi connectivity index (χ1v) is 10.1. The molecule has 0 spiro atoms. The summed E-state index contributed by atoms with van der Waals surface area (Å²) in [6, 6.07) is 27.6. The van der Waals surface area contributed by atoms with Crippen molar-refractivity contribution >= 4 is 28.6 Å². The number of nitrogens with two attached hydrogens (primary N) is 1. The number of hydrogen-bond acceptors (Lipinski definition) is 4. The van der Waals surface area contributed by atoms with Crippen LogP contribution in [0.4, 0.5) is 0 Å². The number of amides is 1. The zero-order valence-electron chi connectivity index (χ0n) is 15.9. The van der Waals surface area contributed by atoms with Crippen LogP contribution < -0.4 is 10.5 Å². The molecule has 0 saturated heterocycles. The number of nitrogens with zero attached hydrogens (tertiary/aromatic N) is 1. The predicted molar refractivity (Wildman–Crippen MR) is 118 cm³/mol. The summed E-state index contributed by atoms with van der Waals surface area (Å²) in [4.78, 5) is 17.0. The number of carbonyl (C=O) groups is 1. The minimum Gasteiger partial charge on any atom is -0.497 e. The van der Waals surface area contributed by atoms with E-state index in [0.29, 0.717) is 0 Å². The van der Waals surface area contributed by atoms with Gasteiger partial charge in [-0.2, -0.15) is 0 Å². The highest BCUT2D eigenvalue weighted by atomic mass is 32.2. The maximum atomic E-state index is 12.2. The summed E-state index contributed by atoms with van der Waals surface area (Å²) in [7, 11) is 1.64. The lowest BCUT2D eigenvalue weighted by Gasteiger charge is -2.15. The normalized spacial score (nSPS) is 11.9. The van der Waals surface area contributed by atoms with E-state index < -0.39 is 11.2 Å². The van der Waals surface area contributed by atoms with Crippen molar-refractivity contribution in [1.82, 2.24) is 4.98 Å². The molecule has 1 heterocycles. The summed E-state index contributed by atoms with van der Waals surface area (Å²) >= 11 is 1.36. The number of ether oxygens (including phenoxy) is 1. The lowest BCUT2D eigenvalue weighted by atomic mass is 10.0. The molecule has 0 unspecified atom stereocenters. The third-order valence-corrected chi connectivity index (χ3v) is 5.87. The van der Waals surface area contributed by atoms with E-state index >= 15 is 0 Å². The summed E-state index contributed by atoms with van der Waals surface area (Å²) in [5.74, 6) is 0.343. The first-order valence-electron chi connectivity index (χ1n) is 9.21. The van der Waals surface area contributed by atoms with Crippen LogP contribution in [0.2, 0.25) is 0 Å². The van der Waals surface area contributed by atoms with Gasteiger partial charge in [-0.15, -0.1) is 0 Å². The second-order valence-electron chi connectivity index (χ2n) is 6.57. The van der Waals surface area contributed by atoms with Crippen LogP contribution in [0, 0.1) is 0 Å². The molecule has 4 rings (SSSR count). The van der Waals surface area contributed by atoms with Crippen molar-refractivity contribution in [3.05, 3.63) is 90.5 Å². The average molecular weight is 401 g/mol. The molecule has 29 heavy (non-hydrogen) atoms. The lowest BCUT2D eigenvalue weighted by Crippen LogP contribution is -2.19. The van der Waals surface area contributed by atoms with Crippen molar-refractivity contribution in [2.24, 2.45) is 5.73 Å². The van der Waals surface area contributed by atoms with Gasteiger partial charge in [0.1, 0.15) is 11.0 Å². The number of rotatable bonds is 6. The van der Waals surface area contributed by atoms with Crippen LogP contribution in [-0.2, 0) is 4.79 Å². The first-order chi connectivity index (χ1) is 14.2. The molecule has 1 atom stereocenters. The van der Waals surface area contributed by atoms with Crippen LogP contribution in [0.1, 0.15) is 10.8 Å². The molecule has 4 aromatic rings. The van der Waals surface area contributed by atoms with E-state index in [1.165, 1.54) is 11.8 Å². The van der Waals surface area contributed by atoms with Gasteiger partial charge in [0.15, 0.2) is 0 Å². The summed E-state index contributed by atoms with van der Waals surface area (Å²) in [5, 5.41) is 1.24. The van der Waals surface area contributed by atoms with Crippen LogP contribution in [0.3, 0.4) is 0 Å². The Bertz CT molecular complexity index is 1150. The Balaban J connectivity index is 1.84. The van der Waals surface area contributed by atoms with Gasteiger partial charge in [-0.1, -0.05) is 72.4 Å². The second-order valence-corrected chi connectivity index (χ2v) is 7.69. The molecule has 1 amide bonds. The number of carbonyl (C=O) groups excluding carboxylic acids is 1. The fourth-order valence-corrected chi connectivity index (χ4v) is 4.25. The Hall–Kier alpha value is -3.31. The van der Waals surface area contributed by atoms with E-state index in [1.807, 2.05) is 72.8 Å². The molecule has 0 aliphatic carbocycles. The Morgan fingerprint density at radius 3 is 2.31 bits per heavy atom. The third-order valence-electron chi connectivity index (χ3n) is 4.68. The van der Waals surface area contributed by atoms with Gasteiger partial charge in [0.05, 0.1) is 17.7 Å². The van der Waals surface area contributed by atoms with Crippen LogP contribution >= 0.6 is 11.8 Å².